The maximum Gasteiger partial charge on any atom is 0.264 e. The Kier molecular flexibility index (Phi) is 3.58. The lowest BCUT2D eigenvalue weighted by Gasteiger charge is -2.32. The highest BCUT2D eigenvalue weighted by atomic mass is 32.1. The zero-order valence-corrected chi connectivity index (χ0v) is 12.4. The number of aryl methyl sites for hydroxylation is 2. The number of hydrogen-bond acceptors (Lipinski definition) is 4. The normalized spacial score (nSPS) is 19.3. The summed E-state index contributed by atoms with van der Waals surface area (Å²) >= 11 is 1.50. The van der Waals surface area contributed by atoms with Crippen LogP contribution >= 0.6 is 11.3 Å². The maximum atomic E-state index is 12.5. The fourth-order valence-corrected chi connectivity index (χ4v) is 3.22. The van der Waals surface area contributed by atoms with E-state index in [1.165, 1.54) is 11.3 Å². The zero-order valence-electron chi connectivity index (χ0n) is 11.5. The Morgan fingerprint density at radius 1 is 1.55 bits per heavy atom. The van der Waals surface area contributed by atoms with E-state index in [9.17, 15) is 4.79 Å². The van der Waals surface area contributed by atoms with Crippen molar-refractivity contribution in [1.82, 2.24) is 14.9 Å². The molecule has 2 aromatic rings. The number of ether oxygens (including phenoxy) is 1. The van der Waals surface area contributed by atoms with Crippen LogP contribution in [0.4, 0.5) is 0 Å². The average Bonchev–Trinajstić information content (AvgIpc) is 3.07. The monoisotopic (exact) mass is 291 g/mol. The van der Waals surface area contributed by atoms with E-state index in [0.29, 0.717) is 19.7 Å². The third kappa shape index (κ3) is 2.48. The first-order chi connectivity index (χ1) is 9.65. The van der Waals surface area contributed by atoms with Crippen molar-refractivity contribution in [1.29, 1.82) is 0 Å². The number of amides is 1. The second kappa shape index (κ2) is 5.38. The molecule has 6 heteroatoms. The van der Waals surface area contributed by atoms with Gasteiger partial charge < -0.3 is 14.6 Å². The van der Waals surface area contributed by atoms with E-state index >= 15 is 0 Å². The number of morpholine rings is 1. The van der Waals surface area contributed by atoms with Crippen LogP contribution in [0.2, 0.25) is 0 Å². The molecule has 3 heterocycles. The Morgan fingerprint density at radius 3 is 3.05 bits per heavy atom. The average molecular weight is 291 g/mol. The third-order valence-electron chi connectivity index (χ3n) is 3.44. The van der Waals surface area contributed by atoms with Crippen LogP contribution in [0.5, 0.6) is 0 Å². The van der Waals surface area contributed by atoms with Gasteiger partial charge in [-0.15, -0.1) is 11.3 Å². The number of thiophene rings is 1. The van der Waals surface area contributed by atoms with Gasteiger partial charge >= 0.3 is 0 Å². The maximum absolute atomic E-state index is 12.5. The summed E-state index contributed by atoms with van der Waals surface area (Å²) in [5.41, 5.74) is 2.04. The van der Waals surface area contributed by atoms with Gasteiger partial charge in [-0.05, 0) is 30.9 Å². The van der Waals surface area contributed by atoms with E-state index in [0.717, 1.165) is 22.0 Å². The minimum absolute atomic E-state index is 0.0917. The molecule has 1 aliphatic heterocycles. The van der Waals surface area contributed by atoms with Gasteiger partial charge in [-0.2, -0.15) is 0 Å². The van der Waals surface area contributed by atoms with Crippen molar-refractivity contribution in [3.8, 4) is 0 Å². The van der Waals surface area contributed by atoms with Gasteiger partial charge in [0.05, 0.1) is 18.0 Å². The number of carbonyl (C=O) groups excluding carboxylic acids is 1. The molecule has 3 rings (SSSR count). The summed E-state index contributed by atoms with van der Waals surface area (Å²) in [6.07, 6.45) is 1.62. The Bertz CT molecular complexity index is 619. The first-order valence-corrected chi connectivity index (χ1v) is 7.49. The van der Waals surface area contributed by atoms with Crippen LogP contribution in [-0.2, 0) is 4.74 Å². The molecule has 0 bridgehead atoms. The smallest absolute Gasteiger partial charge is 0.264 e. The number of rotatable bonds is 2. The largest absolute Gasteiger partial charge is 0.367 e. The molecule has 1 N–H and O–H groups in total. The zero-order chi connectivity index (χ0) is 14.1. The van der Waals surface area contributed by atoms with Crippen molar-refractivity contribution in [2.45, 2.75) is 20.0 Å². The van der Waals surface area contributed by atoms with Crippen molar-refractivity contribution >= 4 is 17.2 Å². The number of aromatic amines is 1. The van der Waals surface area contributed by atoms with Crippen molar-refractivity contribution in [2.75, 3.05) is 19.7 Å². The summed E-state index contributed by atoms with van der Waals surface area (Å²) in [5, 5.41) is 1.95. The van der Waals surface area contributed by atoms with E-state index in [4.69, 9.17) is 4.74 Å². The van der Waals surface area contributed by atoms with Gasteiger partial charge in [0.25, 0.3) is 5.91 Å². The van der Waals surface area contributed by atoms with Crippen molar-refractivity contribution in [2.24, 2.45) is 0 Å². The van der Waals surface area contributed by atoms with Crippen molar-refractivity contribution in [3.63, 3.8) is 0 Å². The van der Waals surface area contributed by atoms with Gasteiger partial charge in [0.15, 0.2) is 0 Å². The summed E-state index contributed by atoms with van der Waals surface area (Å²) in [6.45, 7) is 5.64. The molecule has 20 heavy (non-hydrogen) atoms. The van der Waals surface area contributed by atoms with E-state index in [2.05, 4.69) is 9.97 Å². The van der Waals surface area contributed by atoms with Crippen LogP contribution < -0.4 is 0 Å². The fourth-order valence-electron chi connectivity index (χ4n) is 2.33. The summed E-state index contributed by atoms with van der Waals surface area (Å²) in [4.78, 5) is 22.7. The first-order valence-electron chi connectivity index (χ1n) is 6.61. The fraction of sp³-hybridized carbons (Fsp3) is 0.429. The molecule has 0 aromatic carbocycles. The Morgan fingerprint density at radius 2 is 2.40 bits per heavy atom. The number of hydrogen-bond donors (Lipinski definition) is 1. The van der Waals surface area contributed by atoms with E-state index in [1.54, 1.807) is 6.20 Å². The first kappa shape index (κ1) is 13.3. The minimum Gasteiger partial charge on any atom is -0.367 e. The SMILES string of the molecule is Cc1cnc(C2CN(C(=O)c3sccc3C)CCO2)[nH]1. The van der Waals surface area contributed by atoms with Gasteiger partial charge in [-0.25, -0.2) is 4.98 Å². The number of nitrogens with zero attached hydrogens (tertiary/aromatic N) is 2. The molecule has 1 unspecified atom stereocenters. The number of H-pyrrole nitrogens is 1. The van der Waals surface area contributed by atoms with E-state index < -0.39 is 0 Å². The molecule has 1 saturated heterocycles. The van der Waals surface area contributed by atoms with Crippen LogP contribution in [0.25, 0.3) is 0 Å². The molecule has 0 radical (unpaired) electrons. The lowest BCUT2D eigenvalue weighted by Crippen LogP contribution is -2.42. The van der Waals surface area contributed by atoms with Crippen LogP contribution in [0.15, 0.2) is 17.6 Å². The van der Waals surface area contributed by atoms with Crippen LogP contribution in [0.1, 0.15) is 32.9 Å². The highest BCUT2D eigenvalue weighted by Crippen LogP contribution is 2.24. The Balaban J connectivity index is 1.75. The van der Waals surface area contributed by atoms with Crippen LogP contribution in [0.3, 0.4) is 0 Å². The van der Waals surface area contributed by atoms with Gasteiger partial charge in [-0.1, -0.05) is 0 Å². The van der Waals surface area contributed by atoms with Crippen molar-refractivity contribution < 1.29 is 9.53 Å². The van der Waals surface area contributed by atoms with E-state index in [-0.39, 0.29) is 12.0 Å². The molecule has 5 nitrogen and oxygen atoms in total. The van der Waals surface area contributed by atoms with Crippen LogP contribution in [-0.4, -0.2) is 40.5 Å². The van der Waals surface area contributed by atoms with Gasteiger partial charge in [-0.3, -0.25) is 4.79 Å². The number of imidazole rings is 1. The summed E-state index contributed by atoms with van der Waals surface area (Å²) < 4.78 is 5.72. The molecule has 1 atom stereocenters. The molecular weight excluding hydrogens is 274 g/mol. The molecule has 1 aliphatic rings. The third-order valence-corrected chi connectivity index (χ3v) is 4.44. The van der Waals surface area contributed by atoms with Gasteiger partial charge in [0.1, 0.15) is 11.9 Å². The Hall–Kier alpha value is -1.66. The Labute approximate surface area is 121 Å². The number of aromatic nitrogens is 2. The summed E-state index contributed by atoms with van der Waals surface area (Å²) in [6, 6.07) is 1.98. The molecule has 0 spiro atoms. The number of carbonyl (C=O) groups is 1. The van der Waals surface area contributed by atoms with E-state index in [1.807, 2.05) is 30.2 Å². The minimum atomic E-state index is -0.165. The topological polar surface area (TPSA) is 58.2 Å². The standard InChI is InChI=1S/C14H17N3O2S/c1-9-3-6-20-12(9)14(18)17-4-5-19-11(8-17)13-15-7-10(2)16-13/h3,6-7,11H,4-5,8H2,1-2H3,(H,15,16). The van der Waals surface area contributed by atoms with Crippen LogP contribution in [0, 0.1) is 13.8 Å². The molecule has 2 aromatic heterocycles. The summed E-state index contributed by atoms with van der Waals surface area (Å²) in [5.74, 6) is 0.886. The highest BCUT2D eigenvalue weighted by Gasteiger charge is 2.28. The van der Waals surface area contributed by atoms with Gasteiger partial charge in [0, 0.05) is 18.4 Å². The molecule has 106 valence electrons. The second-order valence-electron chi connectivity index (χ2n) is 4.99. The molecule has 0 aliphatic carbocycles. The molecule has 1 fully saturated rings. The highest BCUT2D eigenvalue weighted by molar-refractivity contribution is 7.12. The second-order valence-corrected chi connectivity index (χ2v) is 5.91. The molecule has 0 saturated carbocycles. The predicted molar refractivity (Wildman–Crippen MR) is 77.0 cm³/mol. The predicted octanol–water partition coefficient (Wildman–Crippen LogP) is 2.30. The lowest BCUT2D eigenvalue weighted by molar-refractivity contribution is -0.0263. The quantitative estimate of drug-likeness (QED) is 0.923. The van der Waals surface area contributed by atoms with Crippen molar-refractivity contribution in [3.05, 3.63) is 39.6 Å². The lowest BCUT2D eigenvalue weighted by atomic mass is 10.2. The molecular formula is C14H17N3O2S. The number of nitrogens with one attached hydrogen (secondary N) is 1. The summed E-state index contributed by atoms with van der Waals surface area (Å²) in [7, 11) is 0. The van der Waals surface area contributed by atoms with Gasteiger partial charge in [0.2, 0.25) is 0 Å². The molecule has 1 amide bonds.